The zero-order valence-electron chi connectivity index (χ0n) is 18.8. The van der Waals surface area contributed by atoms with E-state index in [-0.39, 0.29) is 19.0 Å². The van der Waals surface area contributed by atoms with E-state index in [1.54, 1.807) is 18.3 Å². The molecule has 5 rings (SSSR count). The second kappa shape index (κ2) is 9.22. The fourth-order valence-electron chi connectivity index (χ4n) is 4.45. The van der Waals surface area contributed by atoms with Crippen LogP contribution in [0.1, 0.15) is 23.7 Å². The molecule has 3 aromatic rings. The third-order valence-corrected chi connectivity index (χ3v) is 6.18. The molecule has 1 saturated heterocycles. The molecule has 1 aromatic heterocycles. The molecule has 176 valence electrons. The lowest BCUT2D eigenvalue weighted by molar-refractivity contribution is -0.119. The normalized spacial score (nSPS) is 18.0. The number of hydrogen-bond acceptors (Lipinski definition) is 6. The Kier molecular flexibility index (Phi) is 5.97. The summed E-state index contributed by atoms with van der Waals surface area (Å²) >= 11 is 0. The summed E-state index contributed by atoms with van der Waals surface area (Å²) in [6.45, 7) is 4.31. The van der Waals surface area contributed by atoms with Gasteiger partial charge in [0.05, 0.1) is 30.7 Å². The van der Waals surface area contributed by atoms with Crippen molar-refractivity contribution in [3.8, 4) is 11.1 Å². The Morgan fingerprint density at radius 1 is 1.26 bits per heavy atom. The van der Waals surface area contributed by atoms with Crippen LogP contribution in [0.4, 0.5) is 14.9 Å². The number of anilines is 1. The predicted molar refractivity (Wildman–Crippen MR) is 122 cm³/mol. The number of H-pyrrole nitrogens is 1. The van der Waals surface area contributed by atoms with Crippen LogP contribution in [0, 0.1) is 5.82 Å². The molecule has 2 amide bonds. The molecule has 2 aromatic carbocycles. The maximum atomic E-state index is 15.1. The SMILES string of the molecule is CC(=O)NC[C@H]1CN(c2ccc(-c3ccc4c(c3)CCN(Cc3cn[nH]n3)C4)c(F)c2)C(=O)O1. The van der Waals surface area contributed by atoms with E-state index in [2.05, 4.69) is 37.8 Å². The van der Waals surface area contributed by atoms with Crippen LogP contribution in [0.2, 0.25) is 0 Å². The van der Waals surface area contributed by atoms with Gasteiger partial charge in [-0.05, 0) is 41.3 Å². The monoisotopic (exact) mass is 464 g/mol. The molecule has 0 saturated carbocycles. The van der Waals surface area contributed by atoms with Gasteiger partial charge in [0.2, 0.25) is 5.91 Å². The molecule has 2 aliphatic heterocycles. The van der Waals surface area contributed by atoms with E-state index in [9.17, 15) is 9.59 Å². The number of halogens is 1. The van der Waals surface area contributed by atoms with Crippen molar-refractivity contribution in [3.05, 3.63) is 65.2 Å². The van der Waals surface area contributed by atoms with Crippen LogP contribution in [-0.4, -0.2) is 58.0 Å². The highest BCUT2D eigenvalue weighted by atomic mass is 19.1. The molecule has 9 nitrogen and oxygen atoms in total. The number of aromatic nitrogens is 3. The smallest absolute Gasteiger partial charge is 0.414 e. The molecule has 10 heteroatoms. The van der Waals surface area contributed by atoms with Crippen LogP contribution in [0.3, 0.4) is 0 Å². The van der Waals surface area contributed by atoms with Gasteiger partial charge in [-0.15, -0.1) is 0 Å². The second-order valence-corrected chi connectivity index (χ2v) is 8.62. The van der Waals surface area contributed by atoms with Gasteiger partial charge in [0.1, 0.15) is 11.9 Å². The molecule has 0 aliphatic carbocycles. The molecule has 0 unspecified atom stereocenters. The number of cyclic esters (lactones) is 1. The summed E-state index contributed by atoms with van der Waals surface area (Å²) in [5.41, 5.74) is 5.06. The largest absolute Gasteiger partial charge is 0.442 e. The summed E-state index contributed by atoms with van der Waals surface area (Å²) in [6, 6.07) is 10.8. The molecular formula is C24H25FN6O3. The molecule has 34 heavy (non-hydrogen) atoms. The van der Waals surface area contributed by atoms with E-state index in [1.807, 2.05) is 6.07 Å². The van der Waals surface area contributed by atoms with Gasteiger partial charge in [0.25, 0.3) is 0 Å². The molecular weight excluding hydrogens is 439 g/mol. The average Bonchev–Trinajstić information content (AvgIpc) is 3.46. The van der Waals surface area contributed by atoms with Crippen LogP contribution in [0.25, 0.3) is 11.1 Å². The Morgan fingerprint density at radius 3 is 2.91 bits per heavy atom. The average molecular weight is 465 g/mol. The standard InChI is InChI=1S/C24H25FN6O3/c1-15(32)26-11-21-14-31(24(33)34-21)20-4-5-22(23(25)9-20)17-2-3-18-12-30(7-6-16(18)8-17)13-19-10-27-29-28-19/h2-5,8-10,21H,6-7,11-14H2,1H3,(H,26,32)(H,27,28,29)/t21-/m0/s1. The lowest BCUT2D eigenvalue weighted by Gasteiger charge is -2.28. The van der Waals surface area contributed by atoms with Crippen LogP contribution < -0.4 is 10.2 Å². The van der Waals surface area contributed by atoms with Crippen molar-refractivity contribution in [2.45, 2.75) is 32.5 Å². The number of nitrogens with one attached hydrogen (secondary N) is 2. The van der Waals surface area contributed by atoms with E-state index in [0.29, 0.717) is 11.3 Å². The minimum absolute atomic E-state index is 0.197. The fourth-order valence-corrected chi connectivity index (χ4v) is 4.45. The maximum Gasteiger partial charge on any atom is 0.414 e. The van der Waals surface area contributed by atoms with Gasteiger partial charge in [-0.2, -0.15) is 15.4 Å². The third-order valence-electron chi connectivity index (χ3n) is 6.18. The summed E-state index contributed by atoms with van der Waals surface area (Å²) in [7, 11) is 0. The van der Waals surface area contributed by atoms with Crippen molar-refractivity contribution < 1.29 is 18.7 Å². The second-order valence-electron chi connectivity index (χ2n) is 8.62. The molecule has 3 heterocycles. The van der Waals surface area contributed by atoms with Crippen LogP contribution in [-0.2, 0) is 29.0 Å². The van der Waals surface area contributed by atoms with Gasteiger partial charge in [0, 0.05) is 32.1 Å². The molecule has 2 aliphatic rings. The van der Waals surface area contributed by atoms with Gasteiger partial charge in [-0.25, -0.2) is 9.18 Å². The first-order chi connectivity index (χ1) is 16.5. The van der Waals surface area contributed by atoms with E-state index in [4.69, 9.17) is 4.74 Å². The first-order valence-corrected chi connectivity index (χ1v) is 11.2. The Bertz CT molecular complexity index is 1220. The number of fused-ring (bicyclic) bond motifs is 1. The van der Waals surface area contributed by atoms with Crippen molar-refractivity contribution in [3.63, 3.8) is 0 Å². The number of benzene rings is 2. The lowest BCUT2D eigenvalue weighted by atomic mass is 9.94. The molecule has 1 fully saturated rings. The number of aromatic amines is 1. The Balaban J connectivity index is 1.29. The summed E-state index contributed by atoms with van der Waals surface area (Å²) in [4.78, 5) is 27.0. The van der Waals surface area contributed by atoms with Gasteiger partial charge in [-0.1, -0.05) is 18.2 Å². The van der Waals surface area contributed by atoms with Crippen LogP contribution in [0.15, 0.2) is 42.6 Å². The van der Waals surface area contributed by atoms with Crippen molar-refractivity contribution in [1.29, 1.82) is 0 Å². The topological polar surface area (TPSA) is 103 Å². The molecule has 2 N–H and O–H groups in total. The van der Waals surface area contributed by atoms with Crippen molar-refractivity contribution in [2.24, 2.45) is 0 Å². The van der Waals surface area contributed by atoms with Gasteiger partial charge in [-0.3, -0.25) is 14.6 Å². The Labute approximate surface area is 195 Å². The fraction of sp³-hybridized carbons (Fsp3) is 0.333. The number of rotatable bonds is 6. The van der Waals surface area contributed by atoms with Gasteiger partial charge >= 0.3 is 6.09 Å². The molecule has 0 radical (unpaired) electrons. The number of carbonyl (C=O) groups excluding carboxylic acids is 2. The quantitative estimate of drug-likeness (QED) is 0.581. The molecule has 1 atom stereocenters. The first-order valence-electron chi connectivity index (χ1n) is 11.2. The highest BCUT2D eigenvalue weighted by Crippen LogP contribution is 2.31. The van der Waals surface area contributed by atoms with Crippen LogP contribution in [0.5, 0.6) is 0 Å². The predicted octanol–water partition coefficient (Wildman–Crippen LogP) is 2.63. The van der Waals surface area contributed by atoms with Crippen molar-refractivity contribution in [1.82, 2.24) is 25.6 Å². The first kappa shape index (κ1) is 22.0. The Morgan fingerprint density at radius 2 is 2.15 bits per heavy atom. The van der Waals surface area contributed by atoms with E-state index in [1.165, 1.54) is 29.0 Å². The zero-order chi connectivity index (χ0) is 23.7. The highest BCUT2D eigenvalue weighted by molar-refractivity contribution is 5.90. The van der Waals surface area contributed by atoms with Crippen molar-refractivity contribution in [2.75, 3.05) is 24.5 Å². The minimum Gasteiger partial charge on any atom is -0.442 e. The third kappa shape index (κ3) is 4.62. The van der Waals surface area contributed by atoms with Gasteiger partial charge < -0.3 is 10.1 Å². The Hall–Kier alpha value is -3.79. The summed E-state index contributed by atoms with van der Waals surface area (Å²) in [6.07, 6.45) is 1.58. The van der Waals surface area contributed by atoms with E-state index < -0.39 is 18.0 Å². The number of amides is 2. The zero-order valence-corrected chi connectivity index (χ0v) is 18.8. The van der Waals surface area contributed by atoms with E-state index >= 15 is 4.39 Å². The summed E-state index contributed by atoms with van der Waals surface area (Å²) < 4.78 is 20.4. The molecule has 0 spiro atoms. The lowest BCUT2D eigenvalue weighted by Crippen LogP contribution is -2.33. The number of hydrogen-bond donors (Lipinski definition) is 2. The number of carbonyl (C=O) groups is 2. The summed E-state index contributed by atoms with van der Waals surface area (Å²) in [5.74, 6) is -0.600. The molecule has 0 bridgehead atoms. The highest BCUT2D eigenvalue weighted by Gasteiger charge is 2.32. The minimum atomic E-state index is -0.550. The number of nitrogens with zero attached hydrogens (tertiary/aromatic N) is 4. The van der Waals surface area contributed by atoms with E-state index in [0.717, 1.165) is 37.3 Å². The van der Waals surface area contributed by atoms with Crippen molar-refractivity contribution >= 4 is 17.7 Å². The van der Waals surface area contributed by atoms with Gasteiger partial charge in [0.15, 0.2) is 0 Å². The summed E-state index contributed by atoms with van der Waals surface area (Å²) in [5, 5.41) is 13.3. The number of ether oxygens (including phenoxy) is 1. The van der Waals surface area contributed by atoms with Crippen LogP contribution >= 0.6 is 0 Å². The maximum absolute atomic E-state index is 15.1.